The minimum absolute atomic E-state index is 0.248. The first-order valence-corrected chi connectivity index (χ1v) is 5.68. The van der Waals surface area contributed by atoms with Crippen molar-refractivity contribution in [2.45, 2.75) is 31.7 Å². The van der Waals surface area contributed by atoms with Crippen molar-refractivity contribution in [3.63, 3.8) is 0 Å². The molecule has 0 saturated carbocycles. The number of piperidine rings is 1. The van der Waals surface area contributed by atoms with Gasteiger partial charge in [-0.3, -0.25) is 4.90 Å². The van der Waals surface area contributed by atoms with E-state index in [1.54, 1.807) is 6.92 Å². The Morgan fingerprint density at radius 3 is 2.75 bits per heavy atom. The van der Waals surface area contributed by atoms with E-state index in [0.29, 0.717) is 19.6 Å². The van der Waals surface area contributed by atoms with E-state index in [9.17, 15) is 9.50 Å². The van der Waals surface area contributed by atoms with Crippen molar-refractivity contribution >= 4 is 0 Å². The fourth-order valence-corrected chi connectivity index (χ4v) is 2.39. The highest BCUT2D eigenvalue weighted by atomic mass is 19.1. The molecule has 0 unspecified atom stereocenters. The first kappa shape index (κ1) is 11.6. The lowest BCUT2D eigenvalue weighted by Gasteiger charge is -2.38. The van der Waals surface area contributed by atoms with Gasteiger partial charge < -0.3 is 5.11 Å². The van der Waals surface area contributed by atoms with E-state index in [4.69, 9.17) is 0 Å². The second-order valence-electron chi connectivity index (χ2n) is 4.95. The molecule has 0 bridgehead atoms. The Bertz CT molecular complexity index is 339. The van der Waals surface area contributed by atoms with Crippen molar-refractivity contribution < 1.29 is 9.50 Å². The number of benzene rings is 1. The number of halogens is 1. The van der Waals surface area contributed by atoms with Gasteiger partial charge in [0.05, 0.1) is 5.60 Å². The molecule has 2 atom stereocenters. The zero-order valence-electron chi connectivity index (χ0n) is 9.56. The predicted octanol–water partition coefficient (Wildman–Crippen LogP) is 1.98. The van der Waals surface area contributed by atoms with Gasteiger partial charge in [0.15, 0.2) is 0 Å². The SMILES string of the molecule is C[C@@]1(O)C[C@H](F)CN(Cc2ccccc2)C1. The second-order valence-corrected chi connectivity index (χ2v) is 4.95. The van der Waals surface area contributed by atoms with Crippen molar-refractivity contribution in [3.05, 3.63) is 35.9 Å². The molecule has 1 aliphatic rings. The Morgan fingerprint density at radius 1 is 1.44 bits per heavy atom. The van der Waals surface area contributed by atoms with E-state index in [-0.39, 0.29) is 6.42 Å². The van der Waals surface area contributed by atoms with Crippen LogP contribution >= 0.6 is 0 Å². The quantitative estimate of drug-likeness (QED) is 0.828. The monoisotopic (exact) mass is 223 g/mol. The summed E-state index contributed by atoms with van der Waals surface area (Å²) < 4.78 is 13.4. The summed E-state index contributed by atoms with van der Waals surface area (Å²) in [6.45, 7) is 3.38. The second kappa shape index (κ2) is 4.52. The summed E-state index contributed by atoms with van der Waals surface area (Å²) in [6, 6.07) is 9.97. The van der Waals surface area contributed by atoms with Crippen LogP contribution in [0.1, 0.15) is 18.9 Å². The van der Waals surface area contributed by atoms with Crippen LogP contribution in [0.3, 0.4) is 0 Å². The van der Waals surface area contributed by atoms with Gasteiger partial charge in [-0.1, -0.05) is 30.3 Å². The Labute approximate surface area is 95.7 Å². The normalized spacial score (nSPS) is 31.6. The maximum atomic E-state index is 13.4. The van der Waals surface area contributed by atoms with Crippen LogP contribution in [0.4, 0.5) is 4.39 Å². The highest BCUT2D eigenvalue weighted by molar-refractivity contribution is 5.14. The topological polar surface area (TPSA) is 23.5 Å². The predicted molar refractivity (Wildman–Crippen MR) is 61.9 cm³/mol. The fraction of sp³-hybridized carbons (Fsp3) is 0.538. The van der Waals surface area contributed by atoms with Gasteiger partial charge in [-0.2, -0.15) is 0 Å². The fourth-order valence-electron chi connectivity index (χ4n) is 2.39. The van der Waals surface area contributed by atoms with Crippen molar-refractivity contribution in [2.75, 3.05) is 13.1 Å². The molecule has 0 aromatic heterocycles. The van der Waals surface area contributed by atoms with E-state index >= 15 is 0 Å². The summed E-state index contributed by atoms with van der Waals surface area (Å²) in [7, 11) is 0. The third-order valence-corrected chi connectivity index (χ3v) is 2.93. The Kier molecular flexibility index (Phi) is 3.26. The molecule has 16 heavy (non-hydrogen) atoms. The number of β-amino-alcohol motifs (C(OH)–C–C–N with tert-alkyl or cyclic N) is 1. The molecule has 0 amide bonds. The van der Waals surface area contributed by atoms with E-state index in [1.807, 2.05) is 35.2 Å². The maximum absolute atomic E-state index is 13.4. The molecule has 1 fully saturated rings. The molecule has 2 nitrogen and oxygen atoms in total. The lowest BCUT2D eigenvalue weighted by Crippen LogP contribution is -2.50. The van der Waals surface area contributed by atoms with Crippen LogP contribution in [0.15, 0.2) is 30.3 Å². The van der Waals surface area contributed by atoms with E-state index in [0.717, 1.165) is 5.56 Å². The number of hydrogen-bond acceptors (Lipinski definition) is 2. The number of hydrogen-bond donors (Lipinski definition) is 1. The molecule has 1 heterocycles. The lowest BCUT2D eigenvalue weighted by atomic mass is 9.93. The van der Waals surface area contributed by atoms with Gasteiger partial charge in [-0.05, 0) is 12.5 Å². The summed E-state index contributed by atoms with van der Waals surface area (Å²) in [6.07, 6.45) is -0.675. The summed E-state index contributed by atoms with van der Waals surface area (Å²) in [5.74, 6) is 0. The Balaban J connectivity index is 2.00. The summed E-state index contributed by atoms with van der Waals surface area (Å²) in [5, 5.41) is 9.91. The van der Waals surface area contributed by atoms with Crippen molar-refractivity contribution in [1.29, 1.82) is 0 Å². The number of nitrogens with zero attached hydrogens (tertiary/aromatic N) is 1. The van der Waals surface area contributed by atoms with E-state index < -0.39 is 11.8 Å². The smallest absolute Gasteiger partial charge is 0.116 e. The molecule has 2 rings (SSSR count). The van der Waals surface area contributed by atoms with Gasteiger partial charge in [0, 0.05) is 26.1 Å². The van der Waals surface area contributed by atoms with Crippen LogP contribution in [-0.2, 0) is 6.54 Å². The zero-order chi connectivity index (χ0) is 11.6. The van der Waals surface area contributed by atoms with Crippen molar-refractivity contribution in [1.82, 2.24) is 4.90 Å². The first-order chi connectivity index (χ1) is 7.55. The standard InChI is InChI=1S/C13H18FNO/c1-13(16)7-12(14)9-15(10-13)8-11-5-3-2-4-6-11/h2-6,12,16H,7-10H2,1H3/t12-,13+/m0/s1. The molecule has 1 aromatic rings. The number of alkyl halides is 1. The van der Waals surface area contributed by atoms with Gasteiger partial charge >= 0.3 is 0 Å². The Hall–Kier alpha value is -0.930. The zero-order valence-corrected chi connectivity index (χ0v) is 9.56. The van der Waals surface area contributed by atoms with Crippen molar-refractivity contribution in [3.8, 4) is 0 Å². The molecule has 1 N–H and O–H groups in total. The third-order valence-electron chi connectivity index (χ3n) is 2.93. The molecule has 1 saturated heterocycles. The van der Waals surface area contributed by atoms with Gasteiger partial charge in [0.25, 0.3) is 0 Å². The minimum atomic E-state index is -0.924. The van der Waals surface area contributed by atoms with Gasteiger partial charge in [0.1, 0.15) is 6.17 Å². The van der Waals surface area contributed by atoms with Crippen LogP contribution in [-0.4, -0.2) is 34.9 Å². The molecule has 0 aliphatic carbocycles. The number of rotatable bonds is 2. The van der Waals surface area contributed by atoms with Gasteiger partial charge in [0.2, 0.25) is 0 Å². The lowest BCUT2D eigenvalue weighted by molar-refractivity contribution is -0.0490. The average molecular weight is 223 g/mol. The molecular weight excluding hydrogens is 205 g/mol. The Morgan fingerprint density at radius 2 is 2.12 bits per heavy atom. The molecule has 88 valence electrons. The third kappa shape index (κ3) is 3.03. The largest absolute Gasteiger partial charge is 0.389 e. The van der Waals surface area contributed by atoms with Crippen LogP contribution < -0.4 is 0 Å². The molecule has 1 aromatic carbocycles. The summed E-state index contributed by atoms with van der Waals surface area (Å²) >= 11 is 0. The van der Waals surface area contributed by atoms with Crippen LogP contribution in [0.25, 0.3) is 0 Å². The summed E-state index contributed by atoms with van der Waals surface area (Å²) in [4.78, 5) is 1.98. The van der Waals surface area contributed by atoms with E-state index in [1.165, 1.54) is 0 Å². The molecule has 0 spiro atoms. The van der Waals surface area contributed by atoms with Crippen LogP contribution in [0.5, 0.6) is 0 Å². The highest BCUT2D eigenvalue weighted by Gasteiger charge is 2.34. The first-order valence-electron chi connectivity index (χ1n) is 5.68. The van der Waals surface area contributed by atoms with Crippen molar-refractivity contribution in [2.24, 2.45) is 0 Å². The molecule has 3 heteroatoms. The maximum Gasteiger partial charge on any atom is 0.116 e. The van der Waals surface area contributed by atoms with Crippen LogP contribution in [0, 0.1) is 0 Å². The van der Waals surface area contributed by atoms with E-state index in [2.05, 4.69) is 0 Å². The van der Waals surface area contributed by atoms with Gasteiger partial charge in [-0.15, -0.1) is 0 Å². The summed E-state index contributed by atoms with van der Waals surface area (Å²) in [5.41, 5.74) is 0.263. The average Bonchev–Trinajstić information content (AvgIpc) is 2.15. The number of likely N-dealkylation sites (tertiary alicyclic amines) is 1. The molecular formula is C13H18FNO. The minimum Gasteiger partial charge on any atom is -0.389 e. The molecule has 0 radical (unpaired) electrons. The number of aliphatic hydroxyl groups is 1. The molecule has 1 aliphatic heterocycles. The van der Waals surface area contributed by atoms with Crippen LogP contribution in [0.2, 0.25) is 0 Å². The highest BCUT2D eigenvalue weighted by Crippen LogP contribution is 2.23. The van der Waals surface area contributed by atoms with Gasteiger partial charge in [-0.25, -0.2) is 4.39 Å².